The zero-order valence-electron chi connectivity index (χ0n) is 11.0. The molecular weight excluding hydrogens is 267 g/mol. The Bertz CT molecular complexity index is 479. The average molecular weight is 284 g/mol. The van der Waals surface area contributed by atoms with E-state index in [-0.39, 0.29) is 12.1 Å². The van der Waals surface area contributed by atoms with Crippen LogP contribution in [-0.4, -0.2) is 22.5 Å². The Morgan fingerprint density at radius 2 is 1.95 bits per heavy atom. The fraction of sp³-hybridized carbons (Fsp3) is 0.462. The van der Waals surface area contributed by atoms with Gasteiger partial charge in [0.15, 0.2) is 0 Å². The number of non-ortho nitro benzene ring substituents is 1. The molecule has 0 amide bonds. The lowest BCUT2D eigenvalue weighted by atomic mass is 10.1. The summed E-state index contributed by atoms with van der Waals surface area (Å²) in [5, 5.41) is 22.0. The van der Waals surface area contributed by atoms with E-state index >= 15 is 0 Å². The molecule has 0 aliphatic rings. The van der Waals surface area contributed by atoms with Crippen molar-refractivity contribution >= 4 is 17.3 Å². The summed E-state index contributed by atoms with van der Waals surface area (Å²) < 4.78 is 13.1. The molecule has 1 aromatic rings. The predicted molar refractivity (Wildman–Crippen MR) is 72.3 cm³/mol. The fourth-order valence-electron chi connectivity index (χ4n) is 1.77. The highest BCUT2D eigenvalue weighted by molar-refractivity contribution is 5.66. The summed E-state index contributed by atoms with van der Waals surface area (Å²) in [6.07, 6.45) is 3.28. The van der Waals surface area contributed by atoms with Gasteiger partial charge >= 0.3 is 5.97 Å². The van der Waals surface area contributed by atoms with Crippen LogP contribution in [0.5, 0.6) is 0 Å². The maximum atomic E-state index is 13.1. The van der Waals surface area contributed by atoms with E-state index in [1.54, 1.807) is 0 Å². The SMILES string of the molecule is O=C(O)CCCCCCNc1cc(F)cc([N+](=O)[O-])c1. The monoisotopic (exact) mass is 284 g/mol. The number of nitro groups is 1. The van der Waals surface area contributed by atoms with Gasteiger partial charge in [-0.25, -0.2) is 4.39 Å². The molecule has 6 nitrogen and oxygen atoms in total. The van der Waals surface area contributed by atoms with Gasteiger partial charge in [-0.2, -0.15) is 0 Å². The number of rotatable bonds is 9. The van der Waals surface area contributed by atoms with E-state index in [0.29, 0.717) is 18.7 Å². The molecule has 0 fully saturated rings. The number of nitrogens with one attached hydrogen (secondary N) is 1. The van der Waals surface area contributed by atoms with Gasteiger partial charge in [-0.15, -0.1) is 0 Å². The third-order valence-corrected chi connectivity index (χ3v) is 2.74. The highest BCUT2D eigenvalue weighted by Gasteiger charge is 2.09. The molecule has 0 aliphatic heterocycles. The summed E-state index contributed by atoms with van der Waals surface area (Å²) in [5.74, 6) is -1.45. The van der Waals surface area contributed by atoms with Crippen LogP contribution in [0.3, 0.4) is 0 Å². The van der Waals surface area contributed by atoms with Crippen LogP contribution in [0, 0.1) is 15.9 Å². The van der Waals surface area contributed by atoms with Gasteiger partial charge in [0.1, 0.15) is 5.82 Å². The maximum absolute atomic E-state index is 13.1. The third-order valence-electron chi connectivity index (χ3n) is 2.74. The lowest BCUT2D eigenvalue weighted by Gasteiger charge is -2.06. The molecule has 2 N–H and O–H groups in total. The number of benzene rings is 1. The van der Waals surface area contributed by atoms with Crippen molar-refractivity contribution in [2.75, 3.05) is 11.9 Å². The van der Waals surface area contributed by atoms with Crippen molar-refractivity contribution in [3.05, 3.63) is 34.1 Å². The summed E-state index contributed by atoms with van der Waals surface area (Å²) >= 11 is 0. The van der Waals surface area contributed by atoms with E-state index in [1.807, 2.05) is 0 Å². The Balaban J connectivity index is 2.28. The molecule has 0 spiro atoms. The van der Waals surface area contributed by atoms with Crippen molar-refractivity contribution in [1.29, 1.82) is 0 Å². The van der Waals surface area contributed by atoms with Crippen LogP contribution in [0.1, 0.15) is 32.1 Å². The summed E-state index contributed by atoms with van der Waals surface area (Å²) in [4.78, 5) is 20.2. The average Bonchev–Trinajstić information content (AvgIpc) is 2.36. The third kappa shape index (κ3) is 6.12. The van der Waals surface area contributed by atoms with Crippen LogP contribution in [0.4, 0.5) is 15.8 Å². The number of halogens is 1. The molecule has 0 saturated carbocycles. The molecule has 0 atom stereocenters. The van der Waals surface area contributed by atoms with Crippen LogP contribution < -0.4 is 5.32 Å². The quantitative estimate of drug-likeness (QED) is 0.412. The number of carbonyl (C=O) groups is 1. The Morgan fingerprint density at radius 3 is 2.60 bits per heavy atom. The van der Waals surface area contributed by atoms with E-state index < -0.39 is 16.7 Å². The molecule has 1 rings (SSSR count). The van der Waals surface area contributed by atoms with Gasteiger partial charge in [0.05, 0.1) is 11.0 Å². The van der Waals surface area contributed by atoms with Crippen LogP contribution in [0.2, 0.25) is 0 Å². The Labute approximate surface area is 115 Å². The minimum absolute atomic E-state index is 0.170. The smallest absolute Gasteiger partial charge is 0.303 e. The number of carboxylic acids is 1. The largest absolute Gasteiger partial charge is 0.481 e. The van der Waals surface area contributed by atoms with E-state index in [2.05, 4.69) is 5.32 Å². The maximum Gasteiger partial charge on any atom is 0.303 e. The highest BCUT2D eigenvalue weighted by atomic mass is 19.1. The van der Waals surface area contributed by atoms with Gasteiger partial charge < -0.3 is 10.4 Å². The van der Waals surface area contributed by atoms with Gasteiger partial charge in [0, 0.05) is 24.7 Å². The first-order valence-corrected chi connectivity index (χ1v) is 6.39. The van der Waals surface area contributed by atoms with Crippen molar-refractivity contribution in [3.63, 3.8) is 0 Å². The standard InChI is InChI=1S/C13H17FN2O4/c14-10-7-11(9-12(8-10)16(19)20)15-6-4-2-1-3-5-13(17)18/h7-9,15H,1-6H2,(H,17,18). The molecule has 0 bridgehead atoms. The number of aliphatic carboxylic acids is 1. The van der Waals surface area contributed by atoms with Crippen molar-refractivity contribution in [1.82, 2.24) is 0 Å². The van der Waals surface area contributed by atoms with Gasteiger partial charge in [-0.3, -0.25) is 14.9 Å². The van der Waals surface area contributed by atoms with Gasteiger partial charge in [0.25, 0.3) is 5.69 Å². The van der Waals surface area contributed by atoms with Crippen molar-refractivity contribution < 1.29 is 19.2 Å². The Kier molecular flexibility index (Phi) is 6.42. The topological polar surface area (TPSA) is 92.5 Å². The summed E-state index contributed by atoms with van der Waals surface area (Å²) in [5.41, 5.74) is 0.0937. The number of hydrogen-bond donors (Lipinski definition) is 2. The van der Waals surface area contributed by atoms with Gasteiger partial charge in [-0.05, 0) is 18.9 Å². The van der Waals surface area contributed by atoms with Crippen LogP contribution in [0.15, 0.2) is 18.2 Å². The molecule has 0 aliphatic carbocycles. The second-order valence-corrected chi connectivity index (χ2v) is 4.44. The summed E-state index contributed by atoms with van der Waals surface area (Å²) in [7, 11) is 0. The molecule has 20 heavy (non-hydrogen) atoms. The second kappa shape index (κ2) is 8.08. The molecular formula is C13H17FN2O4. The lowest BCUT2D eigenvalue weighted by Crippen LogP contribution is -2.03. The Hall–Kier alpha value is -2.18. The molecule has 0 aromatic heterocycles. The first-order valence-electron chi connectivity index (χ1n) is 6.39. The summed E-state index contributed by atoms with van der Waals surface area (Å²) in [6, 6.07) is 3.36. The van der Waals surface area contributed by atoms with E-state index in [4.69, 9.17) is 5.11 Å². The molecule has 0 saturated heterocycles. The van der Waals surface area contributed by atoms with Crippen molar-refractivity contribution in [3.8, 4) is 0 Å². The van der Waals surface area contributed by atoms with Crippen LogP contribution >= 0.6 is 0 Å². The zero-order chi connectivity index (χ0) is 15.0. The Morgan fingerprint density at radius 1 is 1.25 bits per heavy atom. The minimum atomic E-state index is -0.796. The van der Waals surface area contributed by atoms with Crippen molar-refractivity contribution in [2.45, 2.75) is 32.1 Å². The first-order chi connectivity index (χ1) is 9.49. The zero-order valence-corrected chi connectivity index (χ0v) is 11.0. The van der Waals surface area contributed by atoms with E-state index in [1.165, 1.54) is 12.1 Å². The minimum Gasteiger partial charge on any atom is -0.481 e. The highest BCUT2D eigenvalue weighted by Crippen LogP contribution is 2.20. The molecule has 7 heteroatoms. The molecule has 1 aromatic carbocycles. The number of carboxylic acid groups (broad SMARTS) is 1. The predicted octanol–water partition coefficient (Wildman–Crippen LogP) is 3.18. The number of nitrogens with zero attached hydrogens (tertiary/aromatic N) is 1. The molecule has 0 radical (unpaired) electrons. The number of hydrogen-bond acceptors (Lipinski definition) is 4. The van der Waals surface area contributed by atoms with Crippen molar-refractivity contribution in [2.24, 2.45) is 0 Å². The van der Waals surface area contributed by atoms with Gasteiger partial charge in [0.2, 0.25) is 0 Å². The fourth-order valence-corrected chi connectivity index (χ4v) is 1.77. The molecule has 0 unspecified atom stereocenters. The van der Waals surface area contributed by atoms with Gasteiger partial charge in [-0.1, -0.05) is 12.8 Å². The molecule has 0 heterocycles. The number of unbranched alkanes of at least 4 members (excludes halogenated alkanes) is 3. The molecule has 110 valence electrons. The van der Waals surface area contributed by atoms with E-state index in [9.17, 15) is 19.3 Å². The van der Waals surface area contributed by atoms with E-state index in [0.717, 1.165) is 25.3 Å². The number of nitro benzene ring substituents is 1. The number of anilines is 1. The van der Waals surface area contributed by atoms with Crippen LogP contribution in [-0.2, 0) is 4.79 Å². The normalized spacial score (nSPS) is 10.2. The lowest BCUT2D eigenvalue weighted by molar-refractivity contribution is -0.385. The summed E-state index contributed by atoms with van der Waals surface area (Å²) in [6.45, 7) is 0.563. The first kappa shape index (κ1) is 15.9. The second-order valence-electron chi connectivity index (χ2n) is 4.44. The van der Waals surface area contributed by atoms with Crippen LogP contribution in [0.25, 0.3) is 0 Å².